The number of rotatable bonds is 5. The van der Waals surface area contributed by atoms with Gasteiger partial charge in [0.1, 0.15) is 0 Å². The maximum Gasteiger partial charge on any atom is 0.469 e. The molecule has 0 bridgehead atoms. The van der Waals surface area contributed by atoms with E-state index in [-0.39, 0.29) is 12.0 Å². The first kappa shape index (κ1) is 17.0. The number of hydrogen-bond donors (Lipinski definition) is 2. The van der Waals surface area contributed by atoms with Gasteiger partial charge in [-0.1, -0.05) is 43.5 Å². The third kappa shape index (κ3) is 3.44. The van der Waals surface area contributed by atoms with Crippen molar-refractivity contribution in [3.63, 3.8) is 0 Å². The summed E-state index contributed by atoms with van der Waals surface area (Å²) >= 11 is 0. The second-order valence-corrected chi connectivity index (χ2v) is 8.25. The summed E-state index contributed by atoms with van der Waals surface area (Å²) in [6, 6.07) is 8.17. The third-order valence-electron chi connectivity index (χ3n) is 5.50. The van der Waals surface area contributed by atoms with E-state index >= 15 is 0 Å². The van der Waals surface area contributed by atoms with E-state index in [1.165, 1.54) is 12.0 Å². The summed E-state index contributed by atoms with van der Waals surface area (Å²) in [5.74, 6) is 0.195. The van der Waals surface area contributed by atoms with Gasteiger partial charge in [0.15, 0.2) is 0 Å². The molecule has 2 unspecified atom stereocenters. The van der Waals surface area contributed by atoms with Gasteiger partial charge in [-0.05, 0) is 30.7 Å². The van der Waals surface area contributed by atoms with Crippen molar-refractivity contribution in [2.75, 3.05) is 0 Å². The number of phosphoric ester groups is 1. The lowest BCUT2D eigenvalue weighted by molar-refractivity contribution is 0.0582. The Bertz CT molecular complexity index is 794. The van der Waals surface area contributed by atoms with Gasteiger partial charge in [-0.3, -0.25) is 4.52 Å². The van der Waals surface area contributed by atoms with Crippen molar-refractivity contribution < 1.29 is 18.9 Å². The summed E-state index contributed by atoms with van der Waals surface area (Å²) in [6.45, 7) is 0. The van der Waals surface area contributed by atoms with Crippen LogP contribution in [0.25, 0.3) is 11.3 Å². The molecule has 6 nitrogen and oxygen atoms in total. The number of hydrogen-bond acceptors (Lipinski definition) is 3. The number of aromatic nitrogens is 2. The molecule has 2 aliphatic rings. The molecule has 0 saturated heterocycles. The second kappa shape index (κ2) is 6.69. The Balaban J connectivity index is 1.64. The van der Waals surface area contributed by atoms with E-state index < -0.39 is 13.9 Å². The first-order valence-corrected chi connectivity index (χ1v) is 10.4. The highest BCUT2D eigenvalue weighted by Gasteiger charge is 2.36. The highest BCUT2D eigenvalue weighted by Crippen LogP contribution is 2.47. The minimum atomic E-state index is -4.52. The molecule has 1 aliphatic carbocycles. The number of phosphoric acid groups is 1. The molecule has 1 saturated carbocycles. The standard InChI is InChI=1S/C18H23N2O4P/c21-25(22,23)24-18(13-6-2-1-3-7-13)10-16-14-8-4-5-9-15(14)17-11-19-12-20(16)17/h4-5,8-9,11-13,16,18H,1-3,6-7,10H2,(H2,21,22,23). The summed E-state index contributed by atoms with van der Waals surface area (Å²) in [6.07, 6.45) is 9.08. The van der Waals surface area contributed by atoms with Crippen LogP contribution in [0, 0.1) is 5.92 Å². The van der Waals surface area contributed by atoms with Gasteiger partial charge in [0.05, 0.1) is 30.4 Å². The Morgan fingerprint density at radius 2 is 2.00 bits per heavy atom. The molecule has 1 fully saturated rings. The molecule has 0 radical (unpaired) electrons. The van der Waals surface area contributed by atoms with Gasteiger partial charge >= 0.3 is 7.82 Å². The largest absolute Gasteiger partial charge is 0.469 e. The molecule has 2 heterocycles. The molecule has 0 spiro atoms. The van der Waals surface area contributed by atoms with E-state index in [0.717, 1.165) is 36.9 Å². The van der Waals surface area contributed by atoms with Crippen LogP contribution in [0.1, 0.15) is 50.1 Å². The van der Waals surface area contributed by atoms with Gasteiger partial charge in [-0.15, -0.1) is 0 Å². The normalized spacial score (nSPS) is 21.8. The zero-order valence-corrected chi connectivity index (χ0v) is 14.9. The van der Waals surface area contributed by atoms with Crippen LogP contribution in [0.15, 0.2) is 36.8 Å². The molecule has 0 amide bonds. The monoisotopic (exact) mass is 362 g/mol. The molecule has 134 valence electrons. The highest BCUT2D eigenvalue weighted by molar-refractivity contribution is 7.46. The third-order valence-corrected chi connectivity index (χ3v) is 6.05. The fourth-order valence-electron chi connectivity index (χ4n) is 4.40. The minimum absolute atomic E-state index is 0.00664. The van der Waals surface area contributed by atoms with Gasteiger partial charge in [0.25, 0.3) is 0 Å². The van der Waals surface area contributed by atoms with Crippen molar-refractivity contribution in [1.29, 1.82) is 0 Å². The Morgan fingerprint density at radius 3 is 2.76 bits per heavy atom. The number of nitrogens with zero attached hydrogens (tertiary/aromatic N) is 2. The topological polar surface area (TPSA) is 84.6 Å². The molecular formula is C18H23N2O4P. The zero-order valence-electron chi connectivity index (χ0n) is 14.0. The Kier molecular flexibility index (Phi) is 4.54. The quantitative estimate of drug-likeness (QED) is 0.788. The van der Waals surface area contributed by atoms with Gasteiger partial charge < -0.3 is 14.4 Å². The van der Waals surface area contributed by atoms with Crippen molar-refractivity contribution in [1.82, 2.24) is 9.55 Å². The van der Waals surface area contributed by atoms with Crippen LogP contribution in [-0.2, 0) is 9.09 Å². The maximum absolute atomic E-state index is 11.6. The van der Waals surface area contributed by atoms with Gasteiger partial charge in [0.2, 0.25) is 0 Å². The van der Waals surface area contributed by atoms with Gasteiger partial charge in [-0.25, -0.2) is 9.55 Å². The lowest BCUT2D eigenvalue weighted by atomic mass is 9.82. The molecule has 2 aromatic rings. The first-order valence-electron chi connectivity index (χ1n) is 8.88. The predicted molar refractivity (Wildman–Crippen MR) is 93.9 cm³/mol. The molecule has 2 atom stereocenters. The van der Waals surface area contributed by atoms with Crippen LogP contribution in [0.5, 0.6) is 0 Å². The van der Waals surface area contributed by atoms with Crippen LogP contribution in [0.2, 0.25) is 0 Å². The van der Waals surface area contributed by atoms with Crippen LogP contribution < -0.4 is 0 Å². The fourth-order valence-corrected chi connectivity index (χ4v) is 5.01. The average molecular weight is 362 g/mol. The van der Waals surface area contributed by atoms with Crippen LogP contribution >= 0.6 is 7.82 Å². The van der Waals surface area contributed by atoms with Gasteiger partial charge in [0, 0.05) is 5.56 Å². The molecule has 25 heavy (non-hydrogen) atoms. The lowest BCUT2D eigenvalue weighted by Gasteiger charge is -2.32. The SMILES string of the molecule is O=P(O)(O)OC(CC1c2ccccc2-c2cncn21)C1CCCCC1. The van der Waals surface area contributed by atoms with Crippen molar-refractivity contribution in [2.24, 2.45) is 5.92 Å². The summed E-state index contributed by atoms with van der Waals surface area (Å²) in [5.41, 5.74) is 3.37. The Morgan fingerprint density at radius 1 is 1.24 bits per heavy atom. The summed E-state index contributed by atoms with van der Waals surface area (Å²) < 4.78 is 18.9. The van der Waals surface area contributed by atoms with Crippen molar-refractivity contribution in [3.8, 4) is 11.3 Å². The van der Waals surface area contributed by atoms with E-state index in [4.69, 9.17) is 4.52 Å². The zero-order chi connectivity index (χ0) is 17.4. The number of benzene rings is 1. The molecule has 7 heteroatoms. The Labute approximate surface area is 147 Å². The van der Waals surface area contributed by atoms with Crippen molar-refractivity contribution >= 4 is 7.82 Å². The number of fused-ring (bicyclic) bond motifs is 3. The molecule has 1 aromatic carbocycles. The minimum Gasteiger partial charge on any atom is -0.323 e. The summed E-state index contributed by atoms with van der Waals surface area (Å²) in [5, 5.41) is 0. The molecule has 1 aromatic heterocycles. The average Bonchev–Trinajstić information content (AvgIpc) is 3.17. The molecule has 1 aliphatic heterocycles. The van der Waals surface area contributed by atoms with Gasteiger partial charge in [-0.2, -0.15) is 0 Å². The second-order valence-electron chi connectivity index (χ2n) is 7.06. The molecule has 4 rings (SSSR count). The van der Waals surface area contributed by atoms with Crippen LogP contribution in [0.4, 0.5) is 0 Å². The van der Waals surface area contributed by atoms with E-state index in [0.29, 0.717) is 6.42 Å². The van der Waals surface area contributed by atoms with E-state index in [2.05, 4.69) is 21.7 Å². The van der Waals surface area contributed by atoms with Crippen LogP contribution in [-0.4, -0.2) is 25.4 Å². The summed E-state index contributed by atoms with van der Waals surface area (Å²) in [7, 11) is -4.52. The van der Waals surface area contributed by atoms with E-state index in [1.54, 1.807) is 6.33 Å². The van der Waals surface area contributed by atoms with Crippen LogP contribution in [0.3, 0.4) is 0 Å². The predicted octanol–water partition coefficient (Wildman–Crippen LogP) is 3.90. The smallest absolute Gasteiger partial charge is 0.323 e. The van der Waals surface area contributed by atoms with Crippen molar-refractivity contribution in [3.05, 3.63) is 42.4 Å². The molecule has 2 N–H and O–H groups in total. The van der Waals surface area contributed by atoms with E-state index in [1.807, 2.05) is 18.3 Å². The molecular weight excluding hydrogens is 339 g/mol. The number of imidazole rings is 1. The Hall–Kier alpha value is -1.46. The maximum atomic E-state index is 11.6. The van der Waals surface area contributed by atoms with E-state index in [9.17, 15) is 14.4 Å². The fraction of sp³-hybridized carbons (Fsp3) is 0.500. The first-order chi connectivity index (χ1) is 12.0. The van der Waals surface area contributed by atoms with Crippen molar-refractivity contribution in [2.45, 2.75) is 50.7 Å². The lowest BCUT2D eigenvalue weighted by Crippen LogP contribution is -2.28. The summed E-state index contributed by atoms with van der Waals surface area (Å²) in [4.78, 5) is 23.1. The highest BCUT2D eigenvalue weighted by atomic mass is 31.2.